The summed E-state index contributed by atoms with van der Waals surface area (Å²) in [6, 6.07) is 20.6. The average Bonchev–Trinajstić information content (AvgIpc) is 3.12. The lowest BCUT2D eigenvalue weighted by molar-refractivity contribution is 0.295. The minimum Gasteiger partial charge on any atom is -0.497 e. The van der Waals surface area contributed by atoms with Crippen LogP contribution in [0.25, 0.3) is 32.7 Å². The number of nitrogens with zero attached hydrogens (tertiary/aromatic N) is 4. The van der Waals surface area contributed by atoms with Gasteiger partial charge in [0, 0.05) is 50.2 Å². The maximum Gasteiger partial charge on any atom is 0.119 e. The number of nitrogens with one attached hydrogen (secondary N) is 2. The first-order valence-electron chi connectivity index (χ1n) is 18.3. The third-order valence-corrected chi connectivity index (χ3v) is 9.92. The molecule has 0 bridgehead atoms. The van der Waals surface area contributed by atoms with Crippen LogP contribution in [0.5, 0.6) is 5.75 Å². The van der Waals surface area contributed by atoms with Crippen LogP contribution in [-0.2, 0) is 0 Å². The largest absolute Gasteiger partial charge is 0.497 e. The quantitative estimate of drug-likeness (QED) is 0.0928. The van der Waals surface area contributed by atoms with Crippen molar-refractivity contribution in [2.24, 2.45) is 0 Å². The third kappa shape index (κ3) is 11.1. The zero-order chi connectivity index (χ0) is 36.0. The molecule has 2 N–H and O–H groups in total. The van der Waals surface area contributed by atoms with Gasteiger partial charge in [0.1, 0.15) is 5.75 Å². The van der Waals surface area contributed by atoms with Gasteiger partial charge < -0.3 is 25.2 Å². The fourth-order valence-electron chi connectivity index (χ4n) is 6.40. The molecule has 2 unspecified atom stereocenters. The number of hydrogen-bond acceptors (Lipinski definition) is 7. The number of rotatable bonds is 17. The van der Waals surface area contributed by atoms with Crippen molar-refractivity contribution in [3.05, 3.63) is 76.9 Å². The van der Waals surface area contributed by atoms with E-state index < -0.39 is 0 Å². The minimum atomic E-state index is 0.353. The number of halogens is 2. The van der Waals surface area contributed by atoms with Gasteiger partial charge in [0.2, 0.25) is 0 Å². The molecule has 2 heterocycles. The highest BCUT2D eigenvalue weighted by Crippen LogP contribution is 2.35. The van der Waals surface area contributed by atoms with Crippen LogP contribution in [0.4, 0.5) is 11.4 Å². The van der Waals surface area contributed by atoms with Crippen LogP contribution >= 0.6 is 23.2 Å². The third-order valence-electron chi connectivity index (χ3n) is 9.45. The first-order valence-corrected chi connectivity index (χ1v) is 19.0. The average molecular weight is 720 g/mol. The first kappa shape index (κ1) is 39.4. The van der Waals surface area contributed by atoms with Crippen molar-refractivity contribution >= 4 is 67.3 Å². The zero-order valence-electron chi connectivity index (χ0n) is 31.0. The van der Waals surface area contributed by atoms with Gasteiger partial charge in [0.05, 0.1) is 29.3 Å². The summed E-state index contributed by atoms with van der Waals surface area (Å²) in [5.41, 5.74) is 5.02. The molecule has 5 rings (SSSR count). The van der Waals surface area contributed by atoms with Gasteiger partial charge >= 0.3 is 0 Å². The summed E-state index contributed by atoms with van der Waals surface area (Å²) in [6.45, 7) is 20.2. The number of benzene rings is 3. The Morgan fingerprint density at radius 2 is 1.24 bits per heavy atom. The van der Waals surface area contributed by atoms with Gasteiger partial charge in [-0.2, -0.15) is 0 Å². The molecule has 0 aliphatic carbocycles. The molecule has 0 saturated heterocycles. The lowest BCUT2D eigenvalue weighted by Gasteiger charge is -2.22. The molecule has 2 aromatic heterocycles. The molecule has 2 atom stereocenters. The predicted octanol–water partition coefficient (Wildman–Crippen LogP) is 10.8. The SMILES string of the molecule is CCN(CC)CCCC(C)Nc1c2ccc(Cl)cc2nc2ccc(OC)cc12.CCN(CC)CCCC(C)Nc1ccnc2cc(Cl)ccc12. The molecule has 0 saturated carbocycles. The Kier molecular flexibility index (Phi) is 15.7. The molecule has 0 aliphatic heterocycles. The maximum atomic E-state index is 6.22. The van der Waals surface area contributed by atoms with Crippen LogP contribution in [-0.4, -0.2) is 78.2 Å². The van der Waals surface area contributed by atoms with Crippen molar-refractivity contribution in [3.63, 3.8) is 0 Å². The molecule has 3 aromatic carbocycles. The van der Waals surface area contributed by atoms with Crippen LogP contribution in [0.15, 0.2) is 66.9 Å². The molecule has 0 aliphatic rings. The zero-order valence-corrected chi connectivity index (χ0v) is 32.5. The van der Waals surface area contributed by atoms with Crippen LogP contribution in [0, 0.1) is 0 Å². The van der Waals surface area contributed by atoms with E-state index in [1.54, 1.807) is 7.11 Å². The number of anilines is 2. The Bertz CT molecular complexity index is 1790. The van der Waals surface area contributed by atoms with E-state index >= 15 is 0 Å². The Hall–Kier alpha value is -3.36. The van der Waals surface area contributed by atoms with Gasteiger partial charge in [-0.25, -0.2) is 4.98 Å². The van der Waals surface area contributed by atoms with Crippen LogP contribution in [0.3, 0.4) is 0 Å². The molecule has 0 radical (unpaired) electrons. The molecule has 270 valence electrons. The number of fused-ring (bicyclic) bond motifs is 3. The van der Waals surface area contributed by atoms with E-state index in [9.17, 15) is 0 Å². The second-order valence-corrected chi connectivity index (χ2v) is 13.9. The summed E-state index contributed by atoms with van der Waals surface area (Å²) in [6.07, 6.45) is 6.49. The minimum absolute atomic E-state index is 0.353. The van der Waals surface area contributed by atoms with Gasteiger partial charge in [0.15, 0.2) is 0 Å². The molecule has 0 spiro atoms. The van der Waals surface area contributed by atoms with E-state index in [-0.39, 0.29) is 0 Å². The molecular formula is C41H56Cl2N6O. The molecule has 7 nitrogen and oxygen atoms in total. The fourth-order valence-corrected chi connectivity index (χ4v) is 6.74. The molecular weight excluding hydrogens is 663 g/mol. The van der Waals surface area contributed by atoms with Crippen molar-refractivity contribution in [2.75, 3.05) is 57.0 Å². The van der Waals surface area contributed by atoms with Gasteiger partial charge in [-0.1, -0.05) is 50.9 Å². The van der Waals surface area contributed by atoms with Gasteiger partial charge in [-0.3, -0.25) is 4.98 Å². The Morgan fingerprint density at radius 3 is 1.84 bits per heavy atom. The van der Waals surface area contributed by atoms with Crippen molar-refractivity contribution in [1.82, 2.24) is 19.8 Å². The molecule has 9 heteroatoms. The molecule has 0 amide bonds. The summed E-state index contributed by atoms with van der Waals surface area (Å²) in [4.78, 5) is 14.1. The topological polar surface area (TPSA) is 65.6 Å². The molecule has 5 aromatic rings. The summed E-state index contributed by atoms with van der Waals surface area (Å²) in [7, 11) is 1.69. The number of ether oxygens (including phenoxy) is 1. The van der Waals surface area contributed by atoms with Crippen molar-refractivity contribution in [1.29, 1.82) is 0 Å². The Balaban J connectivity index is 0.000000232. The smallest absolute Gasteiger partial charge is 0.119 e. The van der Waals surface area contributed by atoms with Gasteiger partial charge in [0.25, 0.3) is 0 Å². The summed E-state index contributed by atoms with van der Waals surface area (Å²) in [5.74, 6) is 0.833. The van der Waals surface area contributed by atoms with Gasteiger partial charge in [-0.15, -0.1) is 0 Å². The second-order valence-electron chi connectivity index (χ2n) is 13.0. The van der Waals surface area contributed by atoms with Crippen LogP contribution in [0.1, 0.15) is 67.2 Å². The Morgan fingerprint density at radius 1 is 0.660 bits per heavy atom. The molecule has 50 heavy (non-hydrogen) atoms. The van der Waals surface area contributed by atoms with E-state index in [2.05, 4.69) is 79.1 Å². The van der Waals surface area contributed by atoms with Crippen molar-refractivity contribution in [2.45, 2.75) is 79.3 Å². The maximum absolute atomic E-state index is 6.22. The second kappa shape index (κ2) is 19.9. The summed E-state index contributed by atoms with van der Waals surface area (Å²) < 4.78 is 5.45. The Labute approximate surface area is 309 Å². The summed E-state index contributed by atoms with van der Waals surface area (Å²) >= 11 is 12.3. The standard InChI is InChI=1S/C23H30ClN3O.C18H26ClN3/c1-5-27(6-2)13-7-8-16(3)25-23-19-11-9-17(24)14-22(19)26-21-12-10-18(28-4)15-20(21)23;1-4-22(5-2)12-6-7-14(3)21-17-10-11-20-18-13-15(19)8-9-16(17)18/h9-12,14-16H,5-8,13H2,1-4H3,(H,25,26);8-11,13-14H,4-7,12H2,1-3H3,(H,20,21). The van der Waals surface area contributed by atoms with E-state index in [4.69, 9.17) is 32.9 Å². The number of methoxy groups -OCH3 is 1. The van der Waals surface area contributed by atoms with Crippen molar-refractivity contribution < 1.29 is 4.74 Å². The van der Waals surface area contributed by atoms with Crippen molar-refractivity contribution in [3.8, 4) is 5.75 Å². The highest BCUT2D eigenvalue weighted by molar-refractivity contribution is 6.31. The van der Waals surface area contributed by atoms with Crippen LogP contribution < -0.4 is 15.4 Å². The fraction of sp³-hybridized carbons (Fsp3) is 0.463. The highest BCUT2D eigenvalue weighted by atomic mass is 35.5. The normalized spacial score (nSPS) is 12.7. The monoisotopic (exact) mass is 718 g/mol. The lowest BCUT2D eigenvalue weighted by atomic mass is 10.1. The number of hydrogen-bond donors (Lipinski definition) is 2. The number of aromatic nitrogens is 2. The highest BCUT2D eigenvalue weighted by Gasteiger charge is 2.14. The van der Waals surface area contributed by atoms with Crippen LogP contribution in [0.2, 0.25) is 10.0 Å². The predicted molar refractivity (Wildman–Crippen MR) is 218 cm³/mol. The lowest BCUT2D eigenvalue weighted by Crippen LogP contribution is -2.25. The van der Waals surface area contributed by atoms with E-state index in [0.29, 0.717) is 17.1 Å². The van der Waals surface area contributed by atoms with E-state index in [1.165, 1.54) is 19.4 Å². The van der Waals surface area contributed by atoms with E-state index in [0.717, 1.165) is 100 Å². The molecule has 0 fully saturated rings. The van der Waals surface area contributed by atoms with Gasteiger partial charge in [-0.05, 0) is 139 Å². The summed E-state index contributed by atoms with van der Waals surface area (Å²) in [5, 5.41) is 12.1. The number of pyridine rings is 2. The first-order chi connectivity index (χ1) is 24.2. The van der Waals surface area contributed by atoms with E-state index in [1.807, 2.05) is 54.7 Å².